The van der Waals surface area contributed by atoms with Crippen molar-refractivity contribution in [2.45, 2.75) is 38.1 Å². The molecule has 2 heterocycles. The van der Waals surface area contributed by atoms with Gasteiger partial charge in [0.1, 0.15) is 5.75 Å². The van der Waals surface area contributed by atoms with Crippen molar-refractivity contribution in [1.82, 2.24) is 9.88 Å². The van der Waals surface area contributed by atoms with Crippen LogP contribution in [-0.4, -0.2) is 35.0 Å². The van der Waals surface area contributed by atoms with E-state index in [0.717, 1.165) is 54.8 Å². The van der Waals surface area contributed by atoms with E-state index in [1.165, 1.54) is 6.42 Å². The first-order valence-electron chi connectivity index (χ1n) is 10.8. The fourth-order valence-electron chi connectivity index (χ4n) is 4.14. The molecular formula is C26H28N2O2. The third kappa shape index (κ3) is 4.88. The van der Waals surface area contributed by atoms with E-state index < -0.39 is 0 Å². The molecule has 0 spiro atoms. The van der Waals surface area contributed by atoms with Crippen molar-refractivity contribution >= 4 is 5.91 Å². The molecule has 1 aromatic heterocycles. The van der Waals surface area contributed by atoms with Crippen molar-refractivity contribution in [2.24, 2.45) is 0 Å². The van der Waals surface area contributed by atoms with Crippen LogP contribution >= 0.6 is 0 Å². The third-order valence-electron chi connectivity index (χ3n) is 5.70. The molecule has 1 unspecified atom stereocenters. The van der Waals surface area contributed by atoms with Gasteiger partial charge < -0.3 is 9.64 Å². The van der Waals surface area contributed by atoms with Crippen LogP contribution in [0.3, 0.4) is 0 Å². The molecule has 30 heavy (non-hydrogen) atoms. The van der Waals surface area contributed by atoms with Crippen molar-refractivity contribution in [3.05, 3.63) is 84.6 Å². The van der Waals surface area contributed by atoms with Crippen LogP contribution in [0.5, 0.6) is 5.75 Å². The summed E-state index contributed by atoms with van der Waals surface area (Å²) in [7, 11) is 0. The SMILES string of the molecule is O=C(c1ccccc1-c1ccccn1)N1CCCCCC1CCOc1ccccc1. The summed E-state index contributed by atoms with van der Waals surface area (Å²) in [5.41, 5.74) is 2.46. The predicted octanol–water partition coefficient (Wildman–Crippen LogP) is 5.60. The molecule has 1 fully saturated rings. The quantitative estimate of drug-likeness (QED) is 0.541. The highest BCUT2D eigenvalue weighted by molar-refractivity contribution is 6.00. The van der Waals surface area contributed by atoms with Crippen LogP contribution < -0.4 is 4.74 Å². The van der Waals surface area contributed by atoms with Crippen LogP contribution in [0.1, 0.15) is 42.5 Å². The molecule has 0 bridgehead atoms. The molecule has 4 rings (SSSR count). The second kappa shape index (κ2) is 10.1. The summed E-state index contributed by atoms with van der Waals surface area (Å²) in [6.45, 7) is 1.41. The molecule has 0 radical (unpaired) electrons. The predicted molar refractivity (Wildman–Crippen MR) is 120 cm³/mol. The average Bonchev–Trinajstić information content (AvgIpc) is 3.05. The summed E-state index contributed by atoms with van der Waals surface area (Å²) in [6, 6.07) is 23.7. The molecule has 1 aliphatic rings. The Balaban J connectivity index is 1.52. The Kier molecular flexibility index (Phi) is 6.75. The summed E-state index contributed by atoms with van der Waals surface area (Å²) in [5.74, 6) is 0.979. The molecular weight excluding hydrogens is 372 g/mol. The molecule has 1 amide bonds. The Hall–Kier alpha value is -3.14. The maximum atomic E-state index is 13.6. The van der Waals surface area contributed by atoms with Gasteiger partial charge >= 0.3 is 0 Å². The Labute approximate surface area is 178 Å². The average molecular weight is 401 g/mol. The molecule has 154 valence electrons. The molecule has 4 nitrogen and oxygen atoms in total. The van der Waals surface area contributed by atoms with E-state index in [2.05, 4.69) is 9.88 Å². The Morgan fingerprint density at radius 2 is 1.73 bits per heavy atom. The molecule has 0 N–H and O–H groups in total. The lowest BCUT2D eigenvalue weighted by Crippen LogP contribution is -2.41. The van der Waals surface area contributed by atoms with Gasteiger partial charge in [-0.3, -0.25) is 9.78 Å². The van der Waals surface area contributed by atoms with E-state index in [-0.39, 0.29) is 11.9 Å². The van der Waals surface area contributed by atoms with E-state index in [1.807, 2.05) is 72.8 Å². The number of hydrogen-bond acceptors (Lipinski definition) is 3. The number of nitrogens with zero attached hydrogens (tertiary/aromatic N) is 2. The molecule has 2 aromatic carbocycles. The maximum Gasteiger partial charge on any atom is 0.254 e. The number of amides is 1. The minimum absolute atomic E-state index is 0.0999. The number of carbonyl (C=O) groups excluding carboxylic acids is 1. The zero-order chi connectivity index (χ0) is 20.6. The van der Waals surface area contributed by atoms with Crippen LogP contribution in [0.15, 0.2) is 79.0 Å². The highest BCUT2D eigenvalue weighted by Crippen LogP contribution is 2.27. The van der Waals surface area contributed by atoms with E-state index in [0.29, 0.717) is 6.61 Å². The fraction of sp³-hybridized carbons (Fsp3) is 0.308. The lowest BCUT2D eigenvalue weighted by atomic mass is 10.0. The van der Waals surface area contributed by atoms with Gasteiger partial charge in [0.25, 0.3) is 5.91 Å². The monoisotopic (exact) mass is 400 g/mol. The van der Waals surface area contributed by atoms with Crippen LogP contribution in [0.25, 0.3) is 11.3 Å². The largest absolute Gasteiger partial charge is 0.494 e. The normalized spacial score (nSPS) is 16.7. The number of pyridine rings is 1. The first-order valence-corrected chi connectivity index (χ1v) is 10.8. The lowest BCUT2D eigenvalue weighted by molar-refractivity contribution is 0.0659. The van der Waals surface area contributed by atoms with Gasteiger partial charge in [0, 0.05) is 36.3 Å². The highest BCUT2D eigenvalue weighted by atomic mass is 16.5. The third-order valence-corrected chi connectivity index (χ3v) is 5.70. The summed E-state index contributed by atoms with van der Waals surface area (Å²) in [5, 5.41) is 0. The van der Waals surface area contributed by atoms with Crippen LogP contribution in [0, 0.1) is 0 Å². The summed E-state index contributed by atoms with van der Waals surface area (Å²) >= 11 is 0. The summed E-state index contributed by atoms with van der Waals surface area (Å²) in [4.78, 5) is 20.2. The van der Waals surface area contributed by atoms with Crippen molar-refractivity contribution in [2.75, 3.05) is 13.2 Å². The number of carbonyl (C=O) groups is 1. The van der Waals surface area contributed by atoms with E-state index in [1.54, 1.807) is 6.20 Å². The van der Waals surface area contributed by atoms with E-state index in [9.17, 15) is 4.79 Å². The highest BCUT2D eigenvalue weighted by Gasteiger charge is 2.28. The zero-order valence-electron chi connectivity index (χ0n) is 17.2. The number of ether oxygens (including phenoxy) is 1. The number of hydrogen-bond donors (Lipinski definition) is 0. The van der Waals surface area contributed by atoms with Crippen LogP contribution in [0.4, 0.5) is 0 Å². The Bertz CT molecular complexity index is 944. The van der Waals surface area contributed by atoms with Crippen molar-refractivity contribution in [3.63, 3.8) is 0 Å². The van der Waals surface area contributed by atoms with Crippen LogP contribution in [0.2, 0.25) is 0 Å². The number of para-hydroxylation sites is 1. The molecule has 3 aromatic rings. The van der Waals surface area contributed by atoms with Crippen molar-refractivity contribution in [3.8, 4) is 17.0 Å². The lowest BCUT2D eigenvalue weighted by Gasteiger charge is -2.31. The fourth-order valence-corrected chi connectivity index (χ4v) is 4.14. The Morgan fingerprint density at radius 1 is 0.933 bits per heavy atom. The molecule has 4 heteroatoms. The maximum absolute atomic E-state index is 13.6. The molecule has 1 aliphatic heterocycles. The standard InChI is InChI=1S/C26H28N2O2/c29-26(24-15-7-6-14-23(24)25-16-8-9-18-27-25)28-19-10-2-3-11-21(28)17-20-30-22-12-4-1-5-13-22/h1,4-9,12-16,18,21H,2-3,10-11,17,19-20H2. The minimum atomic E-state index is 0.0999. The second-order valence-corrected chi connectivity index (χ2v) is 7.71. The van der Waals surface area contributed by atoms with E-state index in [4.69, 9.17) is 4.74 Å². The topological polar surface area (TPSA) is 42.4 Å². The molecule has 0 saturated carbocycles. The number of benzene rings is 2. The second-order valence-electron chi connectivity index (χ2n) is 7.71. The number of likely N-dealkylation sites (tertiary alicyclic amines) is 1. The van der Waals surface area contributed by atoms with Crippen molar-refractivity contribution in [1.29, 1.82) is 0 Å². The van der Waals surface area contributed by atoms with Gasteiger partial charge in [-0.05, 0) is 43.2 Å². The van der Waals surface area contributed by atoms with Gasteiger partial charge in [-0.2, -0.15) is 0 Å². The number of aromatic nitrogens is 1. The van der Waals surface area contributed by atoms with Gasteiger partial charge in [-0.1, -0.05) is 55.3 Å². The molecule has 1 atom stereocenters. The first-order chi connectivity index (χ1) is 14.8. The van der Waals surface area contributed by atoms with E-state index >= 15 is 0 Å². The van der Waals surface area contributed by atoms with Crippen LogP contribution in [-0.2, 0) is 0 Å². The first kappa shape index (κ1) is 20.1. The summed E-state index contributed by atoms with van der Waals surface area (Å²) in [6.07, 6.45) is 7.01. The molecule has 0 aliphatic carbocycles. The summed E-state index contributed by atoms with van der Waals surface area (Å²) < 4.78 is 5.93. The van der Waals surface area contributed by atoms with Gasteiger partial charge in [0.05, 0.1) is 12.3 Å². The van der Waals surface area contributed by atoms with Crippen molar-refractivity contribution < 1.29 is 9.53 Å². The van der Waals surface area contributed by atoms with Gasteiger partial charge in [-0.25, -0.2) is 0 Å². The number of rotatable bonds is 6. The smallest absolute Gasteiger partial charge is 0.254 e. The Morgan fingerprint density at radius 3 is 2.57 bits per heavy atom. The van der Waals surface area contributed by atoms with Gasteiger partial charge in [-0.15, -0.1) is 0 Å². The molecule has 1 saturated heterocycles. The van der Waals surface area contributed by atoms with Gasteiger partial charge in [0.2, 0.25) is 0 Å². The minimum Gasteiger partial charge on any atom is -0.494 e. The zero-order valence-corrected chi connectivity index (χ0v) is 17.2. The van der Waals surface area contributed by atoms with Gasteiger partial charge in [0.15, 0.2) is 0 Å².